The summed E-state index contributed by atoms with van der Waals surface area (Å²) in [6, 6.07) is 11.1. The number of carbonyl (C=O) groups is 1. The fourth-order valence-electron chi connectivity index (χ4n) is 2.46. The Morgan fingerprint density at radius 1 is 1.15 bits per heavy atom. The average molecular weight is 355 g/mol. The number of nitrogens with one attached hydrogen (secondary N) is 3. The van der Waals surface area contributed by atoms with E-state index in [2.05, 4.69) is 25.5 Å². The molecule has 1 atom stereocenters. The molecule has 0 spiro atoms. The van der Waals surface area contributed by atoms with Gasteiger partial charge in [0, 0.05) is 5.69 Å². The van der Waals surface area contributed by atoms with Gasteiger partial charge in [0.1, 0.15) is 0 Å². The number of carboxylic acids is 1. The molecule has 0 aliphatic heterocycles. The lowest BCUT2D eigenvalue weighted by Crippen LogP contribution is -2.26. The van der Waals surface area contributed by atoms with Gasteiger partial charge in [-0.2, -0.15) is 10.2 Å². The molecule has 0 aliphatic carbocycles. The Labute approximate surface area is 147 Å². The Balaban J connectivity index is 1.69. The summed E-state index contributed by atoms with van der Waals surface area (Å²) in [4.78, 5) is 27.7. The monoisotopic (exact) mass is 355 g/mol. The highest BCUT2D eigenvalue weighted by Gasteiger charge is 2.10. The standard InChI is InChI=1S/C17H17N5O4/c23-9-11(8-18-22-13-4-2-1-3-12(13)16(24)25)19-10-5-6-14-15(7-10)21-17(26)20-14/h1-7,11,19,23H,8-9H2,(H,24,25)(H2,20,21,26). The zero-order valence-electron chi connectivity index (χ0n) is 13.6. The van der Waals surface area contributed by atoms with E-state index in [1.807, 2.05) is 0 Å². The van der Waals surface area contributed by atoms with Crippen LogP contribution in [0.5, 0.6) is 0 Å². The molecule has 0 aliphatic rings. The van der Waals surface area contributed by atoms with Gasteiger partial charge in [-0.3, -0.25) is 0 Å². The molecule has 5 N–H and O–H groups in total. The van der Waals surface area contributed by atoms with Crippen molar-refractivity contribution in [3.63, 3.8) is 0 Å². The van der Waals surface area contributed by atoms with Crippen LogP contribution in [0, 0.1) is 0 Å². The third kappa shape index (κ3) is 3.95. The molecule has 0 fully saturated rings. The number of carboxylic acid groups (broad SMARTS) is 1. The third-order valence-electron chi connectivity index (χ3n) is 3.72. The highest BCUT2D eigenvalue weighted by Crippen LogP contribution is 2.19. The molecule has 3 rings (SSSR count). The van der Waals surface area contributed by atoms with Crippen LogP contribution in [-0.2, 0) is 0 Å². The number of aromatic carboxylic acids is 1. The van der Waals surface area contributed by atoms with Gasteiger partial charge in [-0.1, -0.05) is 12.1 Å². The van der Waals surface area contributed by atoms with Crippen molar-refractivity contribution in [3.05, 3.63) is 58.5 Å². The fourth-order valence-corrected chi connectivity index (χ4v) is 2.46. The minimum absolute atomic E-state index is 0.0617. The van der Waals surface area contributed by atoms with Crippen molar-refractivity contribution < 1.29 is 15.0 Å². The molecule has 9 heteroatoms. The Bertz CT molecular complexity index is 1010. The molecule has 134 valence electrons. The van der Waals surface area contributed by atoms with E-state index in [1.165, 1.54) is 6.07 Å². The van der Waals surface area contributed by atoms with Gasteiger partial charge < -0.3 is 25.5 Å². The molecule has 0 saturated heterocycles. The summed E-state index contributed by atoms with van der Waals surface area (Å²) in [5.41, 5.74) is 2.06. The summed E-state index contributed by atoms with van der Waals surface area (Å²) in [6.07, 6.45) is 0. The van der Waals surface area contributed by atoms with Gasteiger partial charge in [0.05, 0.1) is 41.5 Å². The number of imidazole rings is 1. The van der Waals surface area contributed by atoms with E-state index in [4.69, 9.17) is 5.11 Å². The SMILES string of the molecule is O=C(O)c1ccccc1N=NCC(CO)Nc1ccc2[nH]c(=O)[nH]c2c1. The molecule has 26 heavy (non-hydrogen) atoms. The second kappa shape index (κ2) is 7.62. The number of hydrogen-bond donors (Lipinski definition) is 5. The van der Waals surface area contributed by atoms with Gasteiger partial charge in [-0.15, -0.1) is 0 Å². The zero-order valence-corrected chi connectivity index (χ0v) is 13.6. The van der Waals surface area contributed by atoms with Crippen molar-refractivity contribution in [2.45, 2.75) is 6.04 Å². The van der Waals surface area contributed by atoms with Crippen molar-refractivity contribution in [2.24, 2.45) is 10.2 Å². The van der Waals surface area contributed by atoms with E-state index in [0.717, 1.165) is 0 Å². The van der Waals surface area contributed by atoms with E-state index >= 15 is 0 Å². The van der Waals surface area contributed by atoms with Crippen LogP contribution in [-0.4, -0.2) is 45.3 Å². The molecule has 0 radical (unpaired) electrons. The molecular weight excluding hydrogens is 338 g/mol. The summed E-state index contributed by atoms with van der Waals surface area (Å²) in [5.74, 6) is -1.08. The molecule has 0 amide bonds. The second-order valence-electron chi connectivity index (χ2n) is 5.61. The van der Waals surface area contributed by atoms with Gasteiger partial charge in [-0.25, -0.2) is 9.59 Å². The molecule has 1 aromatic heterocycles. The zero-order chi connectivity index (χ0) is 18.5. The van der Waals surface area contributed by atoms with Crippen LogP contribution >= 0.6 is 0 Å². The molecule has 2 aromatic carbocycles. The number of H-pyrrole nitrogens is 2. The predicted molar refractivity (Wildman–Crippen MR) is 96.2 cm³/mol. The number of nitrogens with zero attached hydrogens (tertiary/aromatic N) is 2. The molecule has 0 bridgehead atoms. The summed E-state index contributed by atoms with van der Waals surface area (Å²) in [7, 11) is 0. The fraction of sp³-hybridized carbons (Fsp3) is 0.176. The minimum Gasteiger partial charge on any atom is -0.478 e. The number of aliphatic hydroxyl groups is 1. The molecule has 1 heterocycles. The first-order valence-corrected chi connectivity index (χ1v) is 7.86. The molecule has 0 saturated carbocycles. The van der Waals surface area contributed by atoms with E-state index in [0.29, 0.717) is 16.7 Å². The van der Waals surface area contributed by atoms with Gasteiger partial charge in [0.2, 0.25) is 0 Å². The number of azo groups is 1. The minimum atomic E-state index is -1.08. The van der Waals surface area contributed by atoms with Crippen LogP contribution in [0.1, 0.15) is 10.4 Å². The maximum atomic E-state index is 11.3. The van der Waals surface area contributed by atoms with Crippen molar-refractivity contribution in [2.75, 3.05) is 18.5 Å². The van der Waals surface area contributed by atoms with Crippen LogP contribution < -0.4 is 11.0 Å². The van der Waals surface area contributed by atoms with Gasteiger partial charge in [0.25, 0.3) is 0 Å². The number of aromatic nitrogens is 2. The maximum Gasteiger partial charge on any atom is 0.337 e. The lowest BCUT2D eigenvalue weighted by atomic mass is 10.2. The first-order valence-electron chi connectivity index (χ1n) is 7.86. The summed E-state index contributed by atoms with van der Waals surface area (Å²) < 4.78 is 0. The highest BCUT2D eigenvalue weighted by atomic mass is 16.4. The number of anilines is 1. The average Bonchev–Trinajstić information content (AvgIpc) is 3.00. The first kappa shape index (κ1) is 17.4. The number of hydrogen-bond acceptors (Lipinski definition) is 6. The maximum absolute atomic E-state index is 11.3. The Morgan fingerprint density at radius 2 is 1.92 bits per heavy atom. The Kier molecular flexibility index (Phi) is 5.09. The third-order valence-corrected chi connectivity index (χ3v) is 3.72. The second-order valence-corrected chi connectivity index (χ2v) is 5.61. The van der Waals surface area contributed by atoms with E-state index in [1.54, 1.807) is 36.4 Å². The van der Waals surface area contributed by atoms with Crippen LogP contribution in [0.3, 0.4) is 0 Å². The molecule has 3 aromatic rings. The van der Waals surface area contributed by atoms with Gasteiger partial charge in [-0.05, 0) is 30.3 Å². The number of benzene rings is 2. The largest absolute Gasteiger partial charge is 0.478 e. The molecule has 1 unspecified atom stereocenters. The summed E-state index contributed by atoms with van der Waals surface area (Å²) >= 11 is 0. The normalized spacial score (nSPS) is 12.5. The van der Waals surface area contributed by atoms with Crippen LogP contribution in [0.25, 0.3) is 11.0 Å². The first-order chi connectivity index (χ1) is 12.6. The van der Waals surface area contributed by atoms with Crippen LogP contribution in [0.15, 0.2) is 57.5 Å². The van der Waals surface area contributed by atoms with E-state index in [9.17, 15) is 14.7 Å². The molecule has 9 nitrogen and oxygen atoms in total. The van der Waals surface area contributed by atoms with Gasteiger partial charge >= 0.3 is 11.7 Å². The Hall–Kier alpha value is -3.46. The summed E-state index contributed by atoms with van der Waals surface area (Å²) in [5, 5.41) is 29.7. The van der Waals surface area contributed by atoms with E-state index < -0.39 is 12.0 Å². The smallest absolute Gasteiger partial charge is 0.337 e. The quantitative estimate of drug-likeness (QED) is 0.412. The lowest BCUT2D eigenvalue weighted by molar-refractivity contribution is 0.0697. The topological polar surface area (TPSA) is 143 Å². The van der Waals surface area contributed by atoms with Crippen molar-refractivity contribution >= 4 is 28.4 Å². The van der Waals surface area contributed by atoms with E-state index in [-0.39, 0.29) is 30.1 Å². The highest BCUT2D eigenvalue weighted by molar-refractivity contribution is 5.93. The van der Waals surface area contributed by atoms with Crippen molar-refractivity contribution in [3.8, 4) is 0 Å². The number of aliphatic hydroxyl groups excluding tert-OH is 1. The number of aromatic amines is 2. The number of rotatable bonds is 7. The number of fused-ring (bicyclic) bond motifs is 1. The van der Waals surface area contributed by atoms with Crippen LogP contribution in [0.2, 0.25) is 0 Å². The van der Waals surface area contributed by atoms with Crippen LogP contribution in [0.4, 0.5) is 11.4 Å². The Morgan fingerprint density at radius 3 is 2.69 bits per heavy atom. The predicted octanol–water partition coefficient (Wildman–Crippen LogP) is 2.11. The van der Waals surface area contributed by atoms with Crippen molar-refractivity contribution in [1.29, 1.82) is 0 Å². The summed E-state index contributed by atoms with van der Waals surface area (Å²) in [6.45, 7) is -0.0482. The molecular formula is C17H17N5O4. The van der Waals surface area contributed by atoms with Crippen molar-refractivity contribution in [1.82, 2.24) is 9.97 Å². The van der Waals surface area contributed by atoms with Gasteiger partial charge in [0.15, 0.2) is 0 Å². The lowest BCUT2D eigenvalue weighted by Gasteiger charge is -2.15.